The normalized spacial score (nSPS) is 11.2. The summed E-state index contributed by atoms with van der Waals surface area (Å²) in [5.74, 6) is 1.24. The van der Waals surface area contributed by atoms with E-state index < -0.39 is 0 Å². The van der Waals surface area contributed by atoms with Crippen molar-refractivity contribution >= 4 is 11.3 Å². The van der Waals surface area contributed by atoms with E-state index >= 15 is 0 Å². The largest absolute Gasteiger partial charge is 0.340 e. The Bertz CT molecular complexity index is 818. The number of fused-ring (bicyclic) bond motifs is 1. The molecule has 2 heterocycles. The molecular formula is C20H26N3+. The lowest BCUT2D eigenvalue weighted by Gasteiger charge is -2.18. The fraction of sp³-hybridized carbons (Fsp3) is 0.350. The predicted octanol–water partition coefficient (Wildman–Crippen LogP) is 3.99. The van der Waals surface area contributed by atoms with Gasteiger partial charge in [-0.05, 0) is 51.8 Å². The molecule has 0 spiro atoms. The summed E-state index contributed by atoms with van der Waals surface area (Å²) >= 11 is 0. The maximum atomic E-state index is 2.38. The first-order valence-corrected chi connectivity index (χ1v) is 8.40. The molecule has 2 aromatic heterocycles. The monoisotopic (exact) mass is 308 g/mol. The summed E-state index contributed by atoms with van der Waals surface area (Å²) in [4.78, 5) is 2.38. The van der Waals surface area contributed by atoms with Crippen molar-refractivity contribution < 1.29 is 4.57 Å². The van der Waals surface area contributed by atoms with E-state index in [0.717, 1.165) is 13.1 Å². The van der Waals surface area contributed by atoms with Gasteiger partial charge >= 0.3 is 0 Å². The van der Waals surface area contributed by atoms with Crippen molar-refractivity contribution in [1.29, 1.82) is 0 Å². The topological polar surface area (TPSA) is 11.5 Å². The lowest BCUT2D eigenvalue weighted by molar-refractivity contribution is -0.594. The quantitative estimate of drug-likeness (QED) is 0.664. The highest BCUT2D eigenvalue weighted by molar-refractivity contribution is 5.54. The molecule has 0 saturated heterocycles. The minimum Gasteiger partial charge on any atom is -0.340 e. The number of aromatic nitrogens is 2. The van der Waals surface area contributed by atoms with Crippen molar-refractivity contribution in [3.63, 3.8) is 0 Å². The molecule has 3 heteroatoms. The zero-order valence-corrected chi connectivity index (χ0v) is 14.8. The second kappa shape index (κ2) is 6.07. The molecule has 0 atom stereocenters. The molecule has 1 aromatic carbocycles. The number of imidazole rings is 1. The van der Waals surface area contributed by atoms with Crippen molar-refractivity contribution in [2.75, 3.05) is 18.0 Å². The summed E-state index contributed by atoms with van der Waals surface area (Å²) < 4.78 is 4.54. The summed E-state index contributed by atoms with van der Waals surface area (Å²) in [6, 6.07) is 11.0. The van der Waals surface area contributed by atoms with Gasteiger partial charge in [-0.2, -0.15) is 4.40 Å². The van der Waals surface area contributed by atoms with Gasteiger partial charge in [-0.15, -0.1) is 0 Å². The molecule has 0 fully saturated rings. The van der Waals surface area contributed by atoms with E-state index in [4.69, 9.17) is 0 Å². The Kier molecular flexibility index (Phi) is 4.12. The molecule has 0 N–H and O–H groups in total. The van der Waals surface area contributed by atoms with Gasteiger partial charge in [-0.1, -0.05) is 23.8 Å². The molecule has 0 saturated carbocycles. The highest BCUT2D eigenvalue weighted by Gasteiger charge is 2.18. The third-order valence-electron chi connectivity index (χ3n) is 4.53. The van der Waals surface area contributed by atoms with Crippen molar-refractivity contribution in [3.05, 3.63) is 59.5 Å². The first-order chi connectivity index (χ1) is 11.0. The van der Waals surface area contributed by atoms with Crippen LogP contribution in [0.25, 0.3) is 11.2 Å². The van der Waals surface area contributed by atoms with Crippen LogP contribution >= 0.6 is 0 Å². The number of hydrogen-bond donors (Lipinski definition) is 0. The SMILES string of the molecule is CCN(CC)c1cccc2c[n+](-c3c(C)cc(C)cc3C)cn12. The maximum Gasteiger partial charge on any atom is 0.255 e. The highest BCUT2D eigenvalue weighted by Crippen LogP contribution is 2.20. The summed E-state index contributed by atoms with van der Waals surface area (Å²) in [5, 5.41) is 0. The zero-order valence-electron chi connectivity index (χ0n) is 14.8. The summed E-state index contributed by atoms with van der Waals surface area (Å²) in [6.07, 6.45) is 4.42. The summed E-state index contributed by atoms with van der Waals surface area (Å²) in [5.41, 5.74) is 6.44. The molecule has 0 aliphatic rings. The van der Waals surface area contributed by atoms with Crippen LogP contribution in [0.2, 0.25) is 0 Å². The minimum atomic E-state index is 1.01. The lowest BCUT2D eigenvalue weighted by Crippen LogP contribution is -2.30. The Balaban J connectivity index is 2.20. The summed E-state index contributed by atoms with van der Waals surface area (Å²) in [7, 11) is 0. The van der Waals surface area contributed by atoms with Gasteiger partial charge in [0.05, 0.1) is 0 Å². The van der Waals surface area contributed by atoms with Crippen molar-refractivity contribution in [2.24, 2.45) is 0 Å². The molecule has 0 aliphatic carbocycles. The predicted molar refractivity (Wildman–Crippen MR) is 96.7 cm³/mol. The average molecular weight is 308 g/mol. The molecule has 3 rings (SSSR count). The van der Waals surface area contributed by atoms with Crippen molar-refractivity contribution in [2.45, 2.75) is 34.6 Å². The Morgan fingerprint density at radius 3 is 2.26 bits per heavy atom. The van der Waals surface area contributed by atoms with E-state index in [0.29, 0.717) is 0 Å². The molecular weight excluding hydrogens is 282 g/mol. The molecule has 0 radical (unpaired) electrons. The van der Waals surface area contributed by atoms with Crippen LogP contribution in [0.15, 0.2) is 42.9 Å². The van der Waals surface area contributed by atoms with Gasteiger partial charge in [0, 0.05) is 19.2 Å². The number of rotatable bonds is 4. The van der Waals surface area contributed by atoms with E-state index in [1.54, 1.807) is 0 Å². The molecule has 0 amide bonds. The van der Waals surface area contributed by atoms with Gasteiger partial charge < -0.3 is 4.90 Å². The minimum absolute atomic E-state index is 1.01. The van der Waals surface area contributed by atoms with E-state index in [1.807, 2.05) is 0 Å². The van der Waals surface area contributed by atoms with Crippen LogP contribution in [0.4, 0.5) is 5.82 Å². The standard InChI is InChI=1S/C20H26N3/c1-6-21(7-2)19-10-8-9-18-13-22(14-23(18)19)20-16(4)11-15(3)12-17(20)5/h8-14H,6-7H2,1-5H3/q+1. The van der Waals surface area contributed by atoms with Gasteiger partial charge in [0.1, 0.15) is 11.9 Å². The third-order valence-corrected chi connectivity index (χ3v) is 4.53. The lowest BCUT2D eigenvalue weighted by atomic mass is 10.1. The number of nitrogens with zero attached hydrogens (tertiary/aromatic N) is 3. The van der Waals surface area contributed by atoms with Gasteiger partial charge in [-0.3, -0.25) is 0 Å². The molecule has 0 aliphatic heterocycles. The highest BCUT2D eigenvalue weighted by atomic mass is 15.2. The molecule has 0 unspecified atom stereocenters. The smallest absolute Gasteiger partial charge is 0.255 e. The maximum absolute atomic E-state index is 2.38. The van der Waals surface area contributed by atoms with E-state index in [9.17, 15) is 0 Å². The van der Waals surface area contributed by atoms with Gasteiger partial charge in [0.25, 0.3) is 6.33 Å². The number of pyridine rings is 1. The number of hydrogen-bond acceptors (Lipinski definition) is 1. The number of aryl methyl sites for hydroxylation is 3. The third kappa shape index (κ3) is 2.72. The fourth-order valence-corrected chi connectivity index (χ4v) is 3.56. The number of benzene rings is 1. The Hall–Kier alpha value is -2.29. The van der Waals surface area contributed by atoms with Crippen LogP contribution in [0.3, 0.4) is 0 Å². The first-order valence-electron chi connectivity index (χ1n) is 8.40. The Morgan fingerprint density at radius 2 is 1.65 bits per heavy atom. The molecule has 3 aromatic rings. The second-order valence-electron chi connectivity index (χ2n) is 6.25. The van der Waals surface area contributed by atoms with E-state index in [1.165, 1.54) is 33.7 Å². The molecule has 23 heavy (non-hydrogen) atoms. The van der Waals surface area contributed by atoms with Crippen LogP contribution < -0.4 is 9.47 Å². The Morgan fingerprint density at radius 1 is 1.00 bits per heavy atom. The Labute approximate surface area is 138 Å². The first kappa shape index (κ1) is 15.6. The molecule has 3 nitrogen and oxygen atoms in total. The van der Waals surface area contributed by atoms with Crippen molar-refractivity contribution in [3.8, 4) is 5.69 Å². The second-order valence-corrected chi connectivity index (χ2v) is 6.25. The fourth-order valence-electron chi connectivity index (χ4n) is 3.56. The van der Waals surface area contributed by atoms with Gasteiger partial charge in [-0.25, -0.2) is 4.57 Å². The number of anilines is 1. The van der Waals surface area contributed by atoms with Crippen molar-refractivity contribution in [1.82, 2.24) is 4.40 Å². The van der Waals surface area contributed by atoms with E-state index in [-0.39, 0.29) is 0 Å². The van der Waals surface area contributed by atoms with Crippen LogP contribution in [0.1, 0.15) is 30.5 Å². The zero-order chi connectivity index (χ0) is 16.6. The average Bonchev–Trinajstić information content (AvgIpc) is 2.91. The van der Waals surface area contributed by atoms with E-state index in [2.05, 4.69) is 91.3 Å². The van der Waals surface area contributed by atoms with Gasteiger partial charge in [0.2, 0.25) is 5.82 Å². The van der Waals surface area contributed by atoms with Crippen LogP contribution in [-0.4, -0.2) is 17.5 Å². The van der Waals surface area contributed by atoms with Gasteiger partial charge in [0.15, 0.2) is 5.52 Å². The summed E-state index contributed by atoms with van der Waals surface area (Å²) in [6.45, 7) is 13.0. The van der Waals surface area contributed by atoms with Crippen LogP contribution in [-0.2, 0) is 0 Å². The molecule has 0 bridgehead atoms. The van der Waals surface area contributed by atoms with Crippen LogP contribution in [0.5, 0.6) is 0 Å². The van der Waals surface area contributed by atoms with Crippen LogP contribution in [0, 0.1) is 20.8 Å². The molecule has 120 valence electrons.